The van der Waals surface area contributed by atoms with Crippen molar-refractivity contribution in [1.29, 1.82) is 0 Å². The lowest BCUT2D eigenvalue weighted by Gasteiger charge is -2.28. The number of likely N-dealkylation sites (tertiary alicyclic amines) is 1. The van der Waals surface area contributed by atoms with Crippen molar-refractivity contribution in [3.8, 4) is 0 Å². The quantitative estimate of drug-likeness (QED) is 0.861. The fourth-order valence-electron chi connectivity index (χ4n) is 2.89. The minimum Gasteiger partial charge on any atom is -0.373 e. The minimum atomic E-state index is 0.656. The van der Waals surface area contributed by atoms with Crippen molar-refractivity contribution in [3.05, 3.63) is 11.9 Å². The largest absolute Gasteiger partial charge is 0.373 e. The van der Waals surface area contributed by atoms with Gasteiger partial charge in [-0.3, -0.25) is 4.90 Å². The highest BCUT2D eigenvalue weighted by molar-refractivity contribution is 5.48. The number of aromatic nitrogens is 2. The van der Waals surface area contributed by atoms with Gasteiger partial charge in [-0.1, -0.05) is 13.8 Å². The number of nitrogens with one attached hydrogen (secondary N) is 1. The van der Waals surface area contributed by atoms with E-state index in [-0.39, 0.29) is 0 Å². The summed E-state index contributed by atoms with van der Waals surface area (Å²) >= 11 is 0. The van der Waals surface area contributed by atoms with Crippen molar-refractivity contribution in [2.75, 3.05) is 43.9 Å². The van der Waals surface area contributed by atoms with Gasteiger partial charge in [-0.2, -0.15) is 0 Å². The summed E-state index contributed by atoms with van der Waals surface area (Å²) < 4.78 is 0. The van der Waals surface area contributed by atoms with E-state index in [4.69, 9.17) is 0 Å². The first-order valence-electron chi connectivity index (χ1n) is 7.68. The average Bonchev–Trinajstić information content (AvgIpc) is 2.93. The first kappa shape index (κ1) is 15.0. The topological polar surface area (TPSA) is 44.3 Å². The van der Waals surface area contributed by atoms with E-state index in [0.717, 1.165) is 37.0 Å². The van der Waals surface area contributed by atoms with Crippen LogP contribution in [-0.4, -0.2) is 54.6 Å². The Balaban J connectivity index is 2.10. The zero-order chi connectivity index (χ0) is 14.5. The Labute approximate surface area is 122 Å². The molecule has 1 aliphatic rings. The summed E-state index contributed by atoms with van der Waals surface area (Å²) in [5.74, 6) is 2.82. The van der Waals surface area contributed by atoms with Gasteiger partial charge in [-0.25, -0.2) is 9.97 Å². The van der Waals surface area contributed by atoms with Gasteiger partial charge in [-0.15, -0.1) is 0 Å². The van der Waals surface area contributed by atoms with Gasteiger partial charge < -0.3 is 10.2 Å². The molecule has 5 nitrogen and oxygen atoms in total. The molecule has 2 heterocycles. The molecule has 0 bridgehead atoms. The summed E-state index contributed by atoms with van der Waals surface area (Å²) in [6.45, 7) is 7.76. The molecule has 1 N–H and O–H groups in total. The first-order chi connectivity index (χ1) is 9.67. The van der Waals surface area contributed by atoms with Crippen LogP contribution < -0.4 is 10.2 Å². The Kier molecular flexibility index (Phi) is 5.17. The number of anilines is 2. The zero-order valence-corrected chi connectivity index (χ0v) is 13.2. The van der Waals surface area contributed by atoms with Crippen LogP contribution >= 0.6 is 0 Å². The fraction of sp³-hybridized carbons (Fsp3) is 0.733. The van der Waals surface area contributed by atoms with E-state index in [0.29, 0.717) is 6.04 Å². The summed E-state index contributed by atoms with van der Waals surface area (Å²) in [7, 11) is 4.04. The molecular formula is C15H27N5. The lowest BCUT2D eigenvalue weighted by atomic mass is 10.2. The van der Waals surface area contributed by atoms with Gasteiger partial charge in [0.25, 0.3) is 0 Å². The number of aryl methyl sites for hydroxylation is 1. The average molecular weight is 277 g/mol. The van der Waals surface area contributed by atoms with Crippen molar-refractivity contribution in [2.24, 2.45) is 0 Å². The lowest BCUT2D eigenvalue weighted by molar-refractivity contribution is 0.270. The highest BCUT2D eigenvalue weighted by Gasteiger charge is 2.24. The molecule has 20 heavy (non-hydrogen) atoms. The first-order valence-corrected chi connectivity index (χ1v) is 7.68. The Morgan fingerprint density at radius 2 is 2.20 bits per heavy atom. The van der Waals surface area contributed by atoms with E-state index in [2.05, 4.69) is 46.0 Å². The molecule has 1 fully saturated rings. The summed E-state index contributed by atoms with van der Waals surface area (Å²) in [6.07, 6.45) is 3.47. The van der Waals surface area contributed by atoms with Crippen LogP contribution in [0.2, 0.25) is 0 Å². The van der Waals surface area contributed by atoms with E-state index >= 15 is 0 Å². The van der Waals surface area contributed by atoms with E-state index < -0.39 is 0 Å². The standard InChI is InChI=1S/C15H27N5/c1-5-13-17-14(16-3)10-15(18-13)19(4)11-12-8-7-9-20(12)6-2/h10,12H,5-9,11H2,1-4H3,(H,16,17,18). The molecule has 0 aliphatic carbocycles. The van der Waals surface area contributed by atoms with Gasteiger partial charge in [0.15, 0.2) is 0 Å². The van der Waals surface area contributed by atoms with Crippen molar-refractivity contribution >= 4 is 11.6 Å². The second-order valence-electron chi connectivity index (χ2n) is 5.44. The molecule has 2 rings (SSSR count). The van der Waals surface area contributed by atoms with E-state index in [9.17, 15) is 0 Å². The Hall–Kier alpha value is -1.36. The van der Waals surface area contributed by atoms with E-state index in [1.165, 1.54) is 19.4 Å². The molecule has 0 aromatic carbocycles. The SMILES string of the molecule is CCc1nc(NC)cc(N(C)CC2CCCN2CC)n1. The molecule has 1 saturated heterocycles. The zero-order valence-electron chi connectivity index (χ0n) is 13.2. The second-order valence-corrected chi connectivity index (χ2v) is 5.44. The van der Waals surface area contributed by atoms with Gasteiger partial charge in [-0.05, 0) is 25.9 Å². The monoisotopic (exact) mass is 277 g/mol. The van der Waals surface area contributed by atoms with Crippen LogP contribution in [0.25, 0.3) is 0 Å². The third kappa shape index (κ3) is 3.39. The minimum absolute atomic E-state index is 0.656. The Morgan fingerprint density at radius 3 is 2.85 bits per heavy atom. The maximum absolute atomic E-state index is 4.65. The predicted molar refractivity (Wildman–Crippen MR) is 84.5 cm³/mol. The summed E-state index contributed by atoms with van der Waals surface area (Å²) in [5.41, 5.74) is 0. The van der Waals surface area contributed by atoms with Crippen LogP contribution in [0.5, 0.6) is 0 Å². The summed E-state index contributed by atoms with van der Waals surface area (Å²) in [6, 6.07) is 2.69. The Bertz CT molecular complexity index is 412. The predicted octanol–water partition coefficient (Wildman–Crippen LogP) is 2.00. The highest BCUT2D eigenvalue weighted by atomic mass is 15.2. The summed E-state index contributed by atoms with van der Waals surface area (Å²) in [4.78, 5) is 13.9. The molecule has 1 atom stereocenters. The normalized spacial score (nSPS) is 19.3. The van der Waals surface area contributed by atoms with E-state index in [1.807, 2.05) is 13.1 Å². The van der Waals surface area contributed by atoms with Gasteiger partial charge in [0.2, 0.25) is 0 Å². The smallest absolute Gasteiger partial charge is 0.134 e. The molecule has 0 saturated carbocycles. The lowest BCUT2D eigenvalue weighted by Crippen LogP contribution is -2.39. The van der Waals surface area contributed by atoms with Crippen molar-refractivity contribution < 1.29 is 0 Å². The van der Waals surface area contributed by atoms with Crippen LogP contribution in [-0.2, 0) is 6.42 Å². The molecule has 0 radical (unpaired) electrons. The number of hydrogen-bond acceptors (Lipinski definition) is 5. The third-order valence-corrected chi connectivity index (χ3v) is 4.11. The highest BCUT2D eigenvalue weighted by Crippen LogP contribution is 2.21. The fourth-order valence-corrected chi connectivity index (χ4v) is 2.89. The molecule has 0 spiro atoms. The van der Waals surface area contributed by atoms with Gasteiger partial charge in [0.05, 0.1) is 0 Å². The van der Waals surface area contributed by atoms with Crippen LogP contribution in [0.4, 0.5) is 11.6 Å². The van der Waals surface area contributed by atoms with Gasteiger partial charge in [0, 0.05) is 39.2 Å². The van der Waals surface area contributed by atoms with Gasteiger partial charge in [0.1, 0.15) is 17.5 Å². The molecule has 1 aromatic heterocycles. The number of rotatable bonds is 6. The molecule has 1 unspecified atom stereocenters. The molecular weight excluding hydrogens is 250 g/mol. The molecule has 1 aromatic rings. The van der Waals surface area contributed by atoms with Crippen molar-refractivity contribution in [3.63, 3.8) is 0 Å². The van der Waals surface area contributed by atoms with Crippen LogP contribution in [0, 0.1) is 0 Å². The Morgan fingerprint density at radius 1 is 1.40 bits per heavy atom. The molecule has 1 aliphatic heterocycles. The second kappa shape index (κ2) is 6.88. The van der Waals surface area contributed by atoms with Crippen LogP contribution in [0.1, 0.15) is 32.5 Å². The molecule has 0 amide bonds. The van der Waals surface area contributed by atoms with Crippen molar-refractivity contribution in [1.82, 2.24) is 14.9 Å². The molecule has 112 valence electrons. The maximum atomic E-state index is 4.65. The van der Waals surface area contributed by atoms with Crippen molar-refractivity contribution in [2.45, 2.75) is 39.2 Å². The third-order valence-electron chi connectivity index (χ3n) is 4.11. The number of likely N-dealkylation sites (N-methyl/N-ethyl adjacent to an activating group) is 2. The number of nitrogens with zero attached hydrogens (tertiary/aromatic N) is 4. The van der Waals surface area contributed by atoms with Crippen LogP contribution in [0.15, 0.2) is 6.07 Å². The maximum Gasteiger partial charge on any atom is 0.134 e. The number of hydrogen-bond donors (Lipinski definition) is 1. The molecule has 5 heteroatoms. The summed E-state index contributed by atoms with van der Waals surface area (Å²) in [5, 5.41) is 3.12. The van der Waals surface area contributed by atoms with E-state index in [1.54, 1.807) is 0 Å². The van der Waals surface area contributed by atoms with Gasteiger partial charge >= 0.3 is 0 Å². The van der Waals surface area contributed by atoms with Crippen LogP contribution in [0.3, 0.4) is 0 Å².